The van der Waals surface area contributed by atoms with Gasteiger partial charge in [0.25, 0.3) is 5.69 Å². The van der Waals surface area contributed by atoms with Crippen molar-refractivity contribution in [3.05, 3.63) is 33.9 Å². The molecule has 7 heteroatoms. The van der Waals surface area contributed by atoms with Crippen molar-refractivity contribution in [3.8, 4) is 0 Å². The second kappa shape index (κ2) is 7.70. The first kappa shape index (κ1) is 17.1. The van der Waals surface area contributed by atoms with Crippen molar-refractivity contribution in [2.75, 3.05) is 25.5 Å². The summed E-state index contributed by atoms with van der Waals surface area (Å²) in [6.07, 6.45) is 0.289. The van der Waals surface area contributed by atoms with Gasteiger partial charge in [0.2, 0.25) is 5.91 Å². The van der Waals surface area contributed by atoms with Gasteiger partial charge in [-0.3, -0.25) is 14.9 Å². The van der Waals surface area contributed by atoms with E-state index in [0.717, 1.165) is 0 Å². The molecule has 0 aromatic heterocycles. The second-order valence-corrected chi connectivity index (χ2v) is 5.07. The van der Waals surface area contributed by atoms with Gasteiger partial charge in [0.05, 0.1) is 11.5 Å². The van der Waals surface area contributed by atoms with Crippen LogP contribution in [0, 0.1) is 17.0 Å². The number of nitro groups is 1. The number of nitrogens with zero attached hydrogens (tertiary/aromatic N) is 2. The third-order valence-corrected chi connectivity index (χ3v) is 3.40. The number of amides is 1. The molecule has 0 spiro atoms. The molecule has 0 aliphatic heterocycles. The molecule has 0 bridgehead atoms. The predicted molar refractivity (Wildman–Crippen MR) is 80.3 cm³/mol. The molecular weight excluding hydrogens is 274 g/mol. The third kappa shape index (κ3) is 5.13. The van der Waals surface area contributed by atoms with Gasteiger partial charge in [-0.05, 0) is 32.5 Å². The summed E-state index contributed by atoms with van der Waals surface area (Å²) in [5, 5.41) is 22.4. The zero-order valence-corrected chi connectivity index (χ0v) is 12.5. The fourth-order valence-electron chi connectivity index (χ4n) is 1.75. The van der Waals surface area contributed by atoms with E-state index in [-0.39, 0.29) is 30.7 Å². The summed E-state index contributed by atoms with van der Waals surface area (Å²) in [6.45, 7) is 4.15. The van der Waals surface area contributed by atoms with Crippen LogP contribution in [0.1, 0.15) is 18.9 Å². The zero-order valence-electron chi connectivity index (χ0n) is 12.5. The maximum Gasteiger partial charge on any atom is 0.269 e. The standard InChI is InChI=1S/C14H21N3O4/c1-10-8-12(17(20)21)4-5-13(10)15-14(19)6-7-16(3)11(2)9-18/h4-5,8,11,18H,6-7,9H2,1-3H3,(H,15,19). The van der Waals surface area contributed by atoms with Crippen molar-refractivity contribution >= 4 is 17.3 Å². The molecule has 1 aromatic rings. The number of benzene rings is 1. The van der Waals surface area contributed by atoms with Gasteiger partial charge in [-0.25, -0.2) is 0 Å². The van der Waals surface area contributed by atoms with Gasteiger partial charge in [0, 0.05) is 36.8 Å². The van der Waals surface area contributed by atoms with Gasteiger partial charge in [0.1, 0.15) is 0 Å². The lowest BCUT2D eigenvalue weighted by Gasteiger charge is -2.22. The topological polar surface area (TPSA) is 95.7 Å². The molecule has 116 valence electrons. The number of non-ortho nitro benzene ring substituents is 1. The van der Waals surface area contributed by atoms with Crippen LogP contribution in [0.25, 0.3) is 0 Å². The molecule has 0 heterocycles. The summed E-state index contributed by atoms with van der Waals surface area (Å²) in [6, 6.07) is 4.32. The molecule has 1 unspecified atom stereocenters. The molecule has 0 aliphatic carbocycles. The number of carbonyl (C=O) groups excluding carboxylic acids is 1. The highest BCUT2D eigenvalue weighted by Crippen LogP contribution is 2.21. The Kier molecular flexibility index (Phi) is 6.26. The van der Waals surface area contributed by atoms with Gasteiger partial charge < -0.3 is 15.3 Å². The van der Waals surface area contributed by atoms with E-state index < -0.39 is 4.92 Å². The number of hydrogen-bond acceptors (Lipinski definition) is 5. The normalized spacial score (nSPS) is 12.2. The number of likely N-dealkylation sites (N-methyl/N-ethyl adjacent to an activating group) is 1. The van der Waals surface area contributed by atoms with Crippen LogP contribution in [-0.4, -0.2) is 47.1 Å². The van der Waals surface area contributed by atoms with E-state index in [1.165, 1.54) is 18.2 Å². The first-order chi connectivity index (χ1) is 9.85. The summed E-state index contributed by atoms with van der Waals surface area (Å²) in [7, 11) is 1.84. The minimum atomic E-state index is -0.468. The molecule has 0 fully saturated rings. The molecule has 1 aromatic carbocycles. The van der Waals surface area contributed by atoms with E-state index in [1.807, 2.05) is 18.9 Å². The van der Waals surface area contributed by atoms with Crippen LogP contribution in [0.3, 0.4) is 0 Å². The Labute approximate surface area is 123 Å². The Morgan fingerprint density at radius 1 is 1.52 bits per heavy atom. The van der Waals surface area contributed by atoms with Crippen molar-refractivity contribution < 1.29 is 14.8 Å². The number of rotatable bonds is 7. The third-order valence-electron chi connectivity index (χ3n) is 3.40. The maximum absolute atomic E-state index is 11.9. The van der Waals surface area contributed by atoms with Crippen LogP contribution in [0.2, 0.25) is 0 Å². The molecule has 0 radical (unpaired) electrons. The molecule has 1 rings (SSSR count). The predicted octanol–water partition coefficient (Wildman–Crippen LogP) is 1.54. The van der Waals surface area contributed by atoms with E-state index in [4.69, 9.17) is 5.11 Å². The molecule has 21 heavy (non-hydrogen) atoms. The minimum Gasteiger partial charge on any atom is -0.395 e. The largest absolute Gasteiger partial charge is 0.395 e. The van der Waals surface area contributed by atoms with Gasteiger partial charge in [0.15, 0.2) is 0 Å². The lowest BCUT2D eigenvalue weighted by molar-refractivity contribution is -0.384. The number of aryl methyl sites for hydroxylation is 1. The van der Waals surface area contributed by atoms with Gasteiger partial charge in [-0.1, -0.05) is 0 Å². The van der Waals surface area contributed by atoms with Crippen LogP contribution in [0.4, 0.5) is 11.4 Å². The summed E-state index contributed by atoms with van der Waals surface area (Å²) in [5.74, 6) is -0.163. The van der Waals surface area contributed by atoms with E-state index in [9.17, 15) is 14.9 Å². The van der Waals surface area contributed by atoms with E-state index >= 15 is 0 Å². The first-order valence-electron chi connectivity index (χ1n) is 6.71. The number of anilines is 1. The SMILES string of the molecule is Cc1cc([N+](=O)[O-])ccc1NC(=O)CCN(C)C(C)CO. The van der Waals surface area contributed by atoms with Crippen molar-refractivity contribution in [1.82, 2.24) is 4.90 Å². The average Bonchev–Trinajstić information content (AvgIpc) is 2.45. The van der Waals surface area contributed by atoms with Crippen molar-refractivity contribution in [2.45, 2.75) is 26.3 Å². The van der Waals surface area contributed by atoms with Crippen molar-refractivity contribution in [1.29, 1.82) is 0 Å². The zero-order chi connectivity index (χ0) is 16.0. The molecule has 0 saturated heterocycles. The van der Waals surface area contributed by atoms with Crippen molar-refractivity contribution in [2.24, 2.45) is 0 Å². The van der Waals surface area contributed by atoms with Crippen molar-refractivity contribution in [3.63, 3.8) is 0 Å². The van der Waals surface area contributed by atoms with Crippen LogP contribution in [-0.2, 0) is 4.79 Å². The average molecular weight is 295 g/mol. The summed E-state index contributed by atoms with van der Waals surface area (Å²) >= 11 is 0. The Morgan fingerprint density at radius 2 is 2.19 bits per heavy atom. The Morgan fingerprint density at radius 3 is 2.71 bits per heavy atom. The number of nitro benzene ring substituents is 1. The molecule has 0 aliphatic rings. The molecule has 1 amide bonds. The highest BCUT2D eigenvalue weighted by atomic mass is 16.6. The highest BCUT2D eigenvalue weighted by molar-refractivity contribution is 5.91. The number of aliphatic hydroxyl groups is 1. The lowest BCUT2D eigenvalue weighted by atomic mass is 10.1. The fraction of sp³-hybridized carbons (Fsp3) is 0.500. The van der Waals surface area contributed by atoms with Crippen LogP contribution in [0.15, 0.2) is 18.2 Å². The van der Waals surface area contributed by atoms with E-state index in [1.54, 1.807) is 6.92 Å². The smallest absolute Gasteiger partial charge is 0.269 e. The molecular formula is C14H21N3O4. The minimum absolute atomic E-state index is 0.00101. The molecule has 2 N–H and O–H groups in total. The van der Waals surface area contributed by atoms with Crippen LogP contribution >= 0.6 is 0 Å². The molecule has 0 saturated carbocycles. The van der Waals surface area contributed by atoms with Crippen LogP contribution in [0.5, 0.6) is 0 Å². The summed E-state index contributed by atoms with van der Waals surface area (Å²) < 4.78 is 0. The fourth-order valence-corrected chi connectivity index (χ4v) is 1.75. The second-order valence-electron chi connectivity index (χ2n) is 5.07. The Hall–Kier alpha value is -1.99. The van der Waals surface area contributed by atoms with Gasteiger partial charge >= 0.3 is 0 Å². The van der Waals surface area contributed by atoms with Gasteiger partial charge in [-0.2, -0.15) is 0 Å². The highest BCUT2D eigenvalue weighted by Gasteiger charge is 2.12. The monoisotopic (exact) mass is 295 g/mol. The number of aliphatic hydroxyl groups excluding tert-OH is 1. The number of hydrogen-bond donors (Lipinski definition) is 2. The van der Waals surface area contributed by atoms with E-state index in [2.05, 4.69) is 5.32 Å². The van der Waals surface area contributed by atoms with Crippen LogP contribution < -0.4 is 5.32 Å². The summed E-state index contributed by atoms with van der Waals surface area (Å²) in [5.41, 5.74) is 1.22. The number of nitrogens with one attached hydrogen (secondary N) is 1. The lowest BCUT2D eigenvalue weighted by Crippen LogP contribution is -2.34. The Bertz CT molecular complexity index is 519. The van der Waals surface area contributed by atoms with E-state index in [0.29, 0.717) is 17.8 Å². The molecule has 1 atom stereocenters. The summed E-state index contributed by atoms with van der Waals surface area (Å²) in [4.78, 5) is 23.9. The first-order valence-corrected chi connectivity index (χ1v) is 6.71. The van der Waals surface area contributed by atoms with Gasteiger partial charge in [-0.15, -0.1) is 0 Å². The number of carbonyl (C=O) groups is 1. The Balaban J connectivity index is 2.57. The molecule has 7 nitrogen and oxygen atoms in total. The maximum atomic E-state index is 11.9. The quantitative estimate of drug-likeness (QED) is 0.587.